The van der Waals surface area contributed by atoms with Gasteiger partial charge in [0.2, 0.25) is 5.92 Å². The van der Waals surface area contributed by atoms with Crippen molar-refractivity contribution in [2.75, 3.05) is 5.88 Å². The van der Waals surface area contributed by atoms with E-state index in [2.05, 4.69) is 0 Å². The van der Waals surface area contributed by atoms with Crippen molar-refractivity contribution in [1.82, 2.24) is 0 Å². The van der Waals surface area contributed by atoms with Gasteiger partial charge in [0.25, 0.3) is 0 Å². The quantitative estimate of drug-likeness (QED) is 0.568. The first-order chi connectivity index (χ1) is 4.49. The van der Waals surface area contributed by atoms with Gasteiger partial charge in [-0.25, -0.2) is 8.78 Å². The first kappa shape index (κ1) is 10.2. The summed E-state index contributed by atoms with van der Waals surface area (Å²) in [5, 5.41) is 0. The summed E-state index contributed by atoms with van der Waals surface area (Å²) in [5.74, 6) is -2.27. The Labute approximate surface area is 65.6 Å². The average Bonchev–Trinajstić information content (AvgIpc) is 1.81. The van der Waals surface area contributed by atoms with E-state index < -0.39 is 5.92 Å². The van der Waals surface area contributed by atoms with E-state index in [1.807, 2.05) is 6.92 Å². The summed E-state index contributed by atoms with van der Waals surface area (Å²) in [5.41, 5.74) is 0. The molecule has 0 aromatic heterocycles. The summed E-state index contributed by atoms with van der Waals surface area (Å²) in [7, 11) is 0. The van der Waals surface area contributed by atoms with Gasteiger partial charge in [0.15, 0.2) is 0 Å². The summed E-state index contributed by atoms with van der Waals surface area (Å²) < 4.78 is 24.6. The van der Waals surface area contributed by atoms with Gasteiger partial charge in [-0.1, -0.05) is 13.3 Å². The molecule has 0 aliphatic rings. The van der Waals surface area contributed by atoms with Gasteiger partial charge < -0.3 is 0 Å². The van der Waals surface area contributed by atoms with E-state index in [0.29, 0.717) is 5.88 Å². The Morgan fingerprint density at radius 3 is 2.10 bits per heavy atom. The third-order valence-corrected chi connectivity index (χ3v) is 1.88. The summed E-state index contributed by atoms with van der Waals surface area (Å²) in [6.45, 7) is 2.81. The van der Waals surface area contributed by atoms with Gasteiger partial charge in [0.1, 0.15) is 0 Å². The zero-order chi connectivity index (χ0) is 8.20. The molecule has 0 rings (SSSR count). The van der Waals surface area contributed by atoms with Crippen LogP contribution in [0.15, 0.2) is 0 Å². The predicted molar refractivity (Wildman–Crippen MR) is 39.7 cm³/mol. The summed E-state index contributed by atoms with van der Waals surface area (Å²) >= 11 is 5.44. The molecule has 0 saturated heterocycles. The number of hydrogen-bond donors (Lipinski definition) is 0. The minimum absolute atomic E-state index is 0.0401. The second-order valence-electron chi connectivity index (χ2n) is 2.70. The van der Waals surface area contributed by atoms with E-state index in [-0.39, 0.29) is 12.3 Å². The SMILES string of the molecule is CCC(CCl)CC(C)(F)F. The zero-order valence-corrected chi connectivity index (χ0v) is 7.09. The molecule has 0 N–H and O–H groups in total. The monoisotopic (exact) mass is 170 g/mol. The molecule has 0 aromatic carbocycles. The molecule has 0 heterocycles. The summed E-state index contributed by atoms with van der Waals surface area (Å²) in [6.07, 6.45) is 0.639. The molecule has 10 heavy (non-hydrogen) atoms. The Morgan fingerprint density at radius 2 is 2.00 bits per heavy atom. The average molecular weight is 171 g/mol. The maximum Gasteiger partial charge on any atom is 0.245 e. The number of halogens is 3. The highest BCUT2D eigenvalue weighted by Crippen LogP contribution is 2.24. The van der Waals surface area contributed by atoms with Gasteiger partial charge >= 0.3 is 0 Å². The fourth-order valence-corrected chi connectivity index (χ4v) is 1.14. The number of rotatable bonds is 4. The van der Waals surface area contributed by atoms with Crippen LogP contribution in [-0.4, -0.2) is 11.8 Å². The van der Waals surface area contributed by atoms with Crippen molar-refractivity contribution in [2.45, 2.75) is 32.6 Å². The molecule has 0 radical (unpaired) electrons. The van der Waals surface area contributed by atoms with Crippen LogP contribution in [0.3, 0.4) is 0 Å². The van der Waals surface area contributed by atoms with Gasteiger partial charge in [-0.3, -0.25) is 0 Å². The van der Waals surface area contributed by atoms with Gasteiger partial charge in [-0.15, -0.1) is 11.6 Å². The topological polar surface area (TPSA) is 0 Å². The molecule has 0 aliphatic heterocycles. The Hall–Kier alpha value is 0.150. The van der Waals surface area contributed by atoms with E-state index in [0.717, 1.165) is 13.3 Å². The van der Waals surface area contributed by atoms with Crippen LogP contribution in [0.2, 0.25) is 0 Å². The normalized spacial score (nSPS) is 15.3. The van der Waals surface area contributed by atoms with Crippen molar-refractivity contribution in [2.24, 2.45) is 5.92 Å². The second-order valence-corrected chi connectivity index (χ2v) is 3.01. The van der Waals surface area contributed by atoms with Gasteiger partial charge in [0, 0.05) is 12.3 Å². The third-order valence-electron chi connectivity index (χ3n) is 1.44. The molecule has 0 amide bonds. The highest BCUT2D eigenvalue weighted by molar-refractivity contribution is 6.18. The molecule has 0 bridgehead atoms. The van der Waals surface area contributed by atoms with Crippen LogP contribution < -0.4 is 0 Å². The molecule has 3 heteroatoms. The van der Waals surface area contributed by atoms with Crippen LogP contribution in [0.5, 0.6) is 0 Å². The lowest BCUT2D eigenvalue weighted by Gasteiger charge is -2.16. The largest absolute Gasteiger partial charge is 0.245 e. The smallest absolute Gasteiger partial charge is 0.207 e. The van der Waals surface area contributed by atoms with Gasteiger partial charge in [-0.05, 0) is 12.8 Å². The minimum atomic E-state index is -2.56. The molecule has 1 atom stereocenters. The molecule has 0 fully saturated rings. The van der Waals surface area contributed by atoms with Crippen molar-refractivity contribution >= 4 is 11.6 Å². The lowest BCUT2D eigenvalue weighted by molar-refractivity contribution is -0.00125. The highest BCUT2D eigenvalue weighted by atomic mass is 35.5. The van der Waals surface area contributed by atoms with Gasteiger partial charge in [-0.2, -0.15) is 0 Å². The Morgan fingerprint density at radius 1 is 1.50 bits per heavy atom. The van der Waals surface area contributed by atoms with Crippen molar-refractivity contribution in [1.29, 1.82) is 0 Å². The zero-order valence-electron chi connectivity index (χ0n) is 6.33. The van der Waals surface area contributed by atoms with Crippen LogP contribution >= 0.6 is 11.6 Å². The van der Waals surface area contributed by atoms with Gasteiger partial charge in [0.05, 0.1) is 0 Å². The van der Waals surface area contributed by atoms with Crippen LogP contribution in [0, 0.1) is 5.92 Å². The second kappa shape index (κ2) is 4.12. The van der Waals surface area contributed by atoms with Crippen molar-refractivity contribution in [3.05, 3.63) is 0 Å². The maximum absolute atomic E-state index is 12.3. The van der Waals surface area contributed by atoms with Crippen LogP contribution in [0.25, 0.3) is 0 Å². The molecule has 62 valence electrons. The molecule has 0 aliphatic carbocycles. The highest BCUT2D eigenvalue weighted by Gasteiger charge is 2.24. The maximum atomic E-state index is 12.3. The molecule has 0 aromatic rings. The Balaban J connectivity index is 3.63. The first-order valence-electron chi connectivity index (χ1n) is 3.43. The Bertz CT molecular complexity index is 84.1. The summed E-state index contributed by atoms with van der Waals surface area (Å²) in [6, 6.07) is 0. The third kappa shape index (κ3) is 4.98. The standard InChI is InChI=1S/C7H13ClF2/c1-3-6(5-8)4-7(2,9)10/h6H,3-5H2,1-2H3. The van der Waals surface area contributed by atoms with Crippen LogP contribution in [0.4, 0.5) is 8.78 Å². The fraction of sp³-hybridized carbons (Fsp3) is 1.00. The van der Waals surface area contributed by atoms with E-state index >= 15 is 0 Å². The van der Waals surface area contributed by atoms with Crippen LogP contribution in [0.1, 0.15) is 26.7 Å². The van der Waals surface area contributed by atoms with Crippen LogP contribution in [-0.2, 0) is 0 Å². The molecular formula is C7H13ClF2. The molecule has 0 nitrogen and oxygen atoms in total. The van der Waals surface area contributed by atoms with E-state index in [9.17, 15) is 8.78 Å². The lowest BCUT2D eigenvalue weighted by atomic mass is 10.0. The number of hydrogen-bond acceptors (Lipinski definition) is 0. The van der Waals surface area contributed by atoms with E-state index in [1.54, 1.807) is 0 Å². The lowest BCUT2D eigenvalue weighted by Crippen LogP contribution is -2.17. The van der Waals surface area contributed by atoms with Crippen molar-refractivity contribution < 1.29 is 8.78 Å². The Kier molecular flexibility index (Phi) is 4.18. The number of alkyl halides is 3. The minimum Gasteiger partial charge on any atom is -0.207 e. The van der Waals surface area contributed by atoms with Crippen molar-refractivity contribution in [3.8, 4) is 0 Å². The first-order valence-corrected chi connectivity index (χ1v) is 3.97. The molecule has 0 spiro atoms. The fourth-order valence-electron chi connectivity index (χ4n) is 0.815. The van der Waals surface area contributed by atoms with E-state index in [4.69, 9.17) is 11.6 Å². The molecule has 0 saturated carbocycles. The molecule has 1 unspecified atom stereocenters. The van der Waals surface area contributed by atoms with Crippen molar-refractivity contribution in [3.63, 3.8) is 0 Å². The molecular weight excluding hydrogens is 158 g/mol. The predicted octanol–water partition coefficient (Wildman–Crippen LogP) is 3.30. The van der Waals surface area contributed by atoms with E-state index in [1.165, 1.54) is 0 Å². The summed E-state index contributed by atoms with van der Waals surface area (Å²) in [4.78, 5) is 0.